The molecule has 3 nitrogen and oxygen atoms in total. The second kappa shape index (κ2) is 7.01. The van der Waals surface area contributed by atoms with Crippen LogP contribution in [0, 0.1) is 0 Å². The van der Waals surface area contributed by atoms with Crippen LogP contribution in [0.5, 0.6) is 0 Å². The summed E-state index contributed by atoms with van der Waals surface area (Å²) < 4.78 is 0. The molecule has 0 fully saturated rings. The molecule has 0 amide bonds. The van der Waals surface area contributed by atoms with Gasteiger partial charge in [0.15, 0.2) is 6.23 Å². The van der Waals surface area contributed by atoms with E-state index >= 15 is 0 Å². The third kappa shape index (κ3) is 3.64. The zero-order valence-electron chi connectivity index (χ0n) is 12.1. The van der Waals surface area contributed by atoms with Crippen molar-refractivity contribution in [3.05, 3.63) is 82.6 Å². The second-order valence-corrected chi connectivity index (χ2v) is 5.78. The van der Waals surface area contributed by atoms with Gasteiger partial charge >= 0.3 is 0 Å². The summed E-state index contributed by atoms with van der Waals surface area (Å²) in [6.45, 7) is 0. The summed E-state index contributed by atoms with van der Waals surface area (Å²) in [6, 6.07) is 18.7. The number of nitrogens with one attached hydrogen (secondary N) is 1. The molecule has 2 N–H and O–H groups in total. The standard InChI is InChI=1S/C18H14Cl2N2O/c19-13-9-7-12(8-10-13)14-4-1-2-6-16(14)22-18(23)15-5-3-11-21-17(15)20/h1-11,18,22-23H. The highest BCUT2D eigenvalue weighted by Crippen LogP contribution is 2.31. The number of rotatable bonds is 4. The van der Waals surface area contributed by atoms with E-state index in [1.54, 1.807) is 18.3 Å². The molecule has 0 aliphatic carbocycles. The number of pyridine rings is 1. The lowest BCUT2D eigenvalue weighted by molar-refractivity contribution is 0.208. The summed E-state index contributed by atoms with van der Waals surface area (Å²) in [5.74, 6) is 0. The molecule has 0 aliphatic rings. The maximum atomic E-state index is 10.4. The number of aliphatic hydroxyl groups is 1. The van der Waals surface area contributed by atoms with E-state index in [0.29, 0.717) is 10.6 Å². The van der Waals surface area contributed by atoms with Gasteiger partial charge in [0.1, 0.15) is 5.15 Å². The van der Waals surface area contributed by atoms with Gasteiger partial charge in [-0.05, 0) is 35.9 Å². The highest BCUT2D eigenvalue weighted by atomic mass is 35.5. The number of halogens is 2. The highest BCUT2D eigenvalue weighted by molar-refractivity contribution is 6.30. The maximum Gasteiger partial charge on any atom is 0.153 e. The molecule has 1 unspecified atom stereocenters. The molecular weight excluding hydrogens is 331 g/mol. The topological polar surface area (TPSA) is 45.1 Å². The summed E-state index contributed by atoms with van der Waals surface area (Å²) in [5, 5.41) is 14.4. The summed E-state index contributed by atoms with van der Waals surface area (Å²) in [6.07, 6.45) is 0.630. The lowest BCUT2D eigenvalue weighted by atomic mass is 10.0. The van der Waals surface area contributed by atoms with Crippen LogP contribution in [0.15, 0.2) is 66.9 Å². The molecule has 0 saturated heterocycles. The molecule has 23 heavy (non-hydrogen) atoms. The lowest BCUT2D eigenvalue weighted by Crippen LogP contribution is -2.11. The average molecular weight is 345 g/mol. The van der Waals surface area contributed by atoms with Crippen molar-refractivity contribution >= 4 is 28.9 Å². The Labute approximate surface area is 144 Å². The molecule has 5 heteroatoms. The maximum absolute atomic E-state index is 10.4. The largest absolute Gasteiger partial charge is 0.369 e. The monoisotopic (exact) mass is 344 g/mol. The first kappa shape index (κ1) is 15.8. The Morgan fingerprint density at radius 3 is 2.39 bits per heavy atom. The molecule has 116 valence electrons. The van der Waals surface area contributed by atoms with Crippen LogP contribution in [-0.4, -0.2) is 10.1 Å². The summed E-state index contributed by atoms with van der Waals surface area (Å²) in [5.41, 5.74) is 3.28. The van der Waals surface area contributed by atoms with Crippen molar-refractivity contribution in [1.82, 2.24) is 4.98 Å². The molecule has 0 spiro atoms. The van der Waals surface area contributed by atoms with Gasteiger partial charge in [-0.25, -0.2) is 4.98 Å². The zero-order valence-corrected chi connectivity index (χ0v) is 13.6. The molecule has 1 heterocycles. The van der Waals surface area contributed by atoms with Gasteiger partial charge in [-0.1, -0.05) is 53.5 Å². The first-order valence-corrected chi connectivity index (χ1v) is 7.81. The van der Waals surface area contributed by atoms with Crippen molar-refractivity contribution < 1.29 is 5.11 Å². The van der Waals surface area contributed by atoms with E-state index < -0.39 is 6.23 Å². The van der Waals surface area contributed by atoms with Gasteiger partial charge in [0.2, 0.25) is 0 Å². The average Bonchev–Trinajstić information content (AvgIpc) is 2.56. The highest BCUT2D eigenvalue weighted by Gasteiger charge is 2.14. The van der Waals surface area contributed by atoms with Crippen LogP contribution >= 0.6 is 23.2 Å². The van der Waals surface area contributed by atoms with Gasteiger partial charge in [0.05, 0.1) is 0 Å². The van der Waals surface area contributed by atoms with Crippen molar-refractivity contribution in [2.75, 3.05) is 5.32 Å². The SMILES string of the molecule is OC(Nc1ccccc1-c1ccc(Cl)cc1)c1cccnc1Cl. The summed E-state index contributed by atoms with van der Waals surface area (Å²) in [7, 11) is 0. The predicted molar refractivity (Wildman–Crippen MR) is 94.7 cm³/mol. The van der Waals surface area contributed by atoms with Crippen molar-refractivity contribution in [2.24, 2.45) is 0 Å². The van der Waals surface area contributed by atoms with Crippen LogP contribution in [0.1, 0.15) is 11.8 Å². The fourth-order valence-electron chi connectivity index (χ4n) is 2.32. The van der Waals surface area contributed by atoms with Crippen LogP contribution in [0.25, 0.3) is 11.1 Å². The Kier molecular flexibility index (Phi) is 4.82. The van der Waals surface area contributed by atoms with E-state index in [4.69, 9.17) is 23.2 Å². The van der Waals surface area contributed by atoms with Crippen LogP contribution in [0.4, 0.5) is 5.69 Å². The number of nitrogens with zero attached hydrogens (tertiary/aromatic N) is 1. The first-order valence-electron chi connectivity index (χ1n) is 7.05. The van der Waals surface area contributed by atoms with Gasteiger partial charge in [0.25, 0.3) is 0 Å². The Morgan fingerprint density at radius 2 is 1.65 bits per heavy atom. The number of benzene rings is 2. The zero-order chi connectivity index (χ0) is 16.2. The fraction of sp³-hybridized carbons (Fsp3) is 0.0556. The van der Waals surface area contributed by atoms with Crippen LogP contribution in [-0.2, 0) is 0 Å². The number of aliphatic hydroxyl groups excluding tert-OH is 1. The summed E-state index contributed by atoms with van der Waals surface area (Å²) >= 11 is 12.0. The number of para-hydroxylation sites is 1. The minimum atomic E-state index is -0.954. The van der Waals surface area contributed by atoms with Crippen LogP contribution in [0.2, 0.25) is 10.2 Å². The van der Waals surface area contributed by atoms with E-state index in [0.717, 1.165) is 16.8 Å². The van der Waals surface area contributed by atoms with Crippen molar-refractivity contribution in [2.45, 2.75) is 6.23 Å². The van der Waals surface area contributed by atoms with Crippen molar-refractivity contribution in [1.29, 1.82) is 0 Å². The van der Waals surface area contributed by atoms with Gasteiger partial charge in [-0.2, -0.15) is 0 Å². The van der Waals surface area contributed by atoms with Crippen LogP contribution in [0.3, 0.4) is 0 Å². The quantitative estimate of drug-likeness (QED) is 0.507. The molecule has 3 aromatic rings. The van der Waals surface area contributed by atoms with Crippen molar-refractivity contribution in [3.63, 3.8) is 0 Å². The van der Waals surface area contributed by atoms with Gasteiger partial charge < -0.3 is 10.4 Å². The molecule has 0 saturated carbocycles. The molecule has 1 aromatic heterocycles. The minimum Gasteiger partial charge on any atom is -0.369 e. The van der Waals surface area contributed by atoms with E-state index in [-0.39, 0.29) is 5.15 Å². The number of hydrogen-bond donors (Lipinski definition) is 2. The third-order valence-electron chi connectivity index (χ3n) is 3.46. The third-order valence-corrected chi connectivity index (χ3v) is 4.02. The molecule has 3 rings (SSSR count). The Hall–Kier alpha value is -2.07. The normalized spacial score (nSPS) is 12.0. The summed E-state index contributed by atoms with van der Waals surface area (Å²) in [4.78, 5) is 3.98. The van der Waals surface area contributed by atoms with Crippen molar-refractivity contribution in [3.8, 4) is 11.1 Å². The number of hydrogen-bond acceptors (Lipinski definition) is 3. The Morgan fingerprint density at radius 1 is 0.913 bits per heavy atom. The molecule has 1 atom stereocenters. The molecule has 0 bridgehead atoms. The molecule has 2 aromatic carbocycles. The number of anilines is 1. The molecular formula is C18H14Cl2N2O. The van der Waals surface area contributed by atoms with Gasteiger partial charge in [0, 0.05) is 28.0 Å². The van der Waals surface area contributed by atoms with Crippen LogP contribution < -0.4 is 5.32 Å². The second-order valence-electron chi connectivity index (χ2n) is 4.98. The van der Waals surface area contributed by atoms with Gasteiger partial charge in [-0.3, -0.25) is 0 Å². The van der Waals surface area contributed by atoms with E-state index in [1.165, 1.54) is 0 Å². The minimum absolute atomic E-state index is 0.275. The predicted octanol–water partition coefficient (Wildman–Crippen LogP) is 5.16. The molecule has 0 radical (unpaired) electrons. The van der Waals surface area contributed by atoms with E-state index in [2.05, 4.69) is 10.3 Å². The first-order chi connectivity index (χ1) is 11.1. The Balaban J connectivity index is 1.92. The Bertz CT molecular complexity index is 806. The smallest absolute Gasteiger partial charge is 0.153 e. The van der Waals surface area contributed by atoms with E-state index in [1.807, 2.05) is 48.5 Å². The fourth-order valence-corrected chi connectivity index (χ4v) is 2.67. The van der Waals surface area contributed by atoms with Gasteiger partial charge in [-0.15, -0.1) is 0 Å². The van der Waals surface area contributed by atoms with E-state index in [9.17, 15) is 5.11 Å². The number of aromatic nitrogens is 1. The molecule has 0 aliphatic heterocycles. The lowest BCUT2D eigenvalue weighted by Gasteiger charge is -2.18.